The fraction of sp³-hybridized carbons (Fsp3) is 0.833. The first-order valence-corrected chi connectivity index (χ1v) is 5.98. The van der Waals surface area contributed by atoms with Crippen LogP contribution in [0, 0.1) is 5.92 Å². The van der Waals surface area contributed by atoms with E-state index in [1.807, 2.05) is 27.7 Å². The number of rotatable bonds is 7. The van der Waals surface area contributed by atoms with Gasteiger partial charge in [0.25, 0.3) is 0 Å². The summed E-state index contributed by atoms with van der Waals surface area (Å²) in [4.78, 5) is 22.6. The summed E-state index contributed by atoms with van der Waals surface area (Å²) in [5, 5.41) is 11.6. The molecule has 0 radical (unpaired) electrons. The van der Waals surface area contributed by atoms with Crippen molar-refractivity contribution in [3.63, 3.8) is 0 Å². The molecule has 0 bridgehead atoms. The summed E-state index contributed by atoms with van der Waals surface area (Å²) in [5.74, 6) is -1.32. The van der Waals surface area contributed by atoms with E-state index in [2.05, 4.69) is 5.32 Å². The molecule has 0 spiro atoms. The molecule has 0 aromatic heterocycles. The second kappa shape index (κ2) is 6.59. The van der Waals surface area contributed by atoms with Crippen LogP contribution in [0.3, 0.4) is 0 Å². The first kappa shape index (κ1) is 15.9. The molecule has 0 aliphatic rings. The van der Waals surface area contributed by atoms with E-state index < -0.39 is 17.6 Å². The Morgan fingerprint density at radius 2 is 1.94 bits per heavy atom. The van der Waals surface area contributed by atoms with Crippen molar-refractivity contribution < 1.29 is 14.7 Å². The molecule has 4 N–H and O–H groups in total. The van der Waals surface area contributed by atoms with E-state index in [4.69, 9.17) is 10.8 Å². The van der Waals surface area contributed by atoms with Crippen LogP contribution in [0.15, 0.2) is 0 Å². The predicted octanol–water partition coefficient (Wildman–Crippen LogP) is 1.12. The first-order chi connectivity index (χ1) is 7.67. The zero-order chi connectivity index (χ0) is 13.6. The van der Waals surface area contributed by atoms with Crippen LogP contribution in [0.2, 0.25) is 0 Å². The molecule has 2 atom stereocenters. The van der Waals surface area contributed by atoms with Gasteiger partial charge in [0.1, 0.15) is 6.04 Å². The van der Waals surface area contributed by atoms with Gasteiger partial charge in [-0.3, -0.25) is 4.79 Å². The van der Waals surface area contributed by atoms with Crippen molar-refractivity contribution in [2.24, 2.45) is 11.7 Å². The Morgan fingerprint density at radius 1 is 1.41 bits per heavy atom. The van der Waals surface area contributed by atoms with Crippen molar-refractivity contribution in [2.45, 2.75) is 58.5 Å². The lowest BCUT2D eigenvalue weighted by molar-refractivity contribution is -0.143. The van der Waals surface area contributed by atoms with Crippen LogP contribution >= 0.6 is 0 Å². The lowest BCUT2D eigenvalue weighted by atomic mass is 9.97. The molecule has 0 heterocycles. The minimum Gasteiger partial charge on any atom is -0.480 e. The topological polar surface area (TPSA) is 92.4 Å². The molecule has 0 aromatic carbocycles. The Morgan fingerprint density at radius 3 is 2.29 bits per heavy atom. The number of amides is 1. The van der Waals surface area contributed by atoms with Gasteiger partial charge in [-0.2, -0.15) is 0 Å². The third-order valence-electron chi connectivity index (χ3n) is 2.79. The molecule has 0 rings (SSSR count). The Balaban J connectivity index is 4.28. The van der Waals surface area contributed by atoms with Crippen LogP contribution in [-0.2, 0) is 9.59 Å². The van der Waals surface area contributed by atoms with Crippen molar-refractivity contribution in [3.05, 3.63) is 0 Å². The average Bonchev–Trinajstić information content (AvgIpc) is 2.20. The first-order valence-electron chi connectivity index (χ1n) is 5.98. The molecule has 0 aromatic rings. The molecular weight excluding hydrogens is 220 g/mol. The monoisotopic (exact) mass is 244 g/mol. The van der Waals surface area contributed by atoms with Gasteiger partial charge in [0, 0.05) is 12.0 Å². The standard InChI is InChI=1S/C12H24N2O3/c1-5-8(2)10(11(16)17)14-9(15)6-7-12(3,4)13/h8,10H,5-7,13H2,1-4H3,(H,14,15)(H,16,17)/t8?,10-/m1/s1. The van der Waals surface area contributed by atoms with E-state index in [1.165, 1.54) is 0 Å². The third-order valence-corrected chi connectivity index (χ3v) is 2.79. The largest absolute Gasteiger partial charge is 0.480 e. The van der Waals surface area contributed by atoms with Crippen molar-refractivity contribution in [3.8, 4) is 0 Å². The van der Waals surface area contributed by atoms with Crippen LogP contribution in [0.1, 0.15) is 47.0 Å². The lowest BCUT2D eigenvalue weighted by Gasteiger charge is -2.22. The van der Waals surface area contributed by atoms with Gasteiger partial charge in [0.05, 0.1) is 0 Å². The van der Waals surface area contributed by atoms with Gasteiger partial charge in [-0.25, -0.2) is 4.79 Å². The molecule has 0 saturated heterocycles. The van der Waals surface area contributed by atoms with E-state index in [-0.39, 0.29) is 18.2 Å². The predicted molar refractivity (Wildman–Crippen MR) is 66.5 cm³/mol. The quantitative estimate of drug-likeness (QED) is 0.625. The Kier molecular flexibility index (Phi) is 6.16. The highest BCUT2D eigenvalue weighted by Crippen LogP contribution is 2.10. The van der Waals surface area contributed by atoms with Crippen molar-refractivity contribution in [2.75, 3.05) is 0 Å². The minimum absolute atomic E-state index is 0.0812. The van der Waals surface area contributed by atoms with Crippen LogP contribution in [0.4, 0.5) is 0 Å². The molecule has 100 valence electrons. The molecule has 0 aliphatic heterocycles. The number of carboxylic acid groups (broad SMARTS) is 1. The molecular formula is C12H24N2O3. The number of nitrogens with one attached hydrogen (secondary N) is 1. The molecule has 5 nitrogen and oxygen atoms in total. The van der Waals surface area contributed by atoms with Crippen LogP contribution in [-0.4, -0.2) is 28.6 Å². The molecule has 5 heteroatoms. The summed E-state index contributed by atoms with van der Waals surface area (Å²) < 4.78 is 0. The maximum Gasteiger partial charge on any atom is 0.326 e. The number of carbonyl (C=O) groups excluding carboxylic acids is 1. The van der Waals surface area contributed by atoms with Gasteiger partial charge in [-0.15, -0.1) is 0 Å². The van der Waals surface area contributed by atoms with Crippen molar-refractivity contribution >= 4 is 11.9 Å². The fourth-order valence-electron chi connectivity index (χ4n) is 1.36. The maximum absolute atomic E-state index is 11.6. The highest BCUT2D eigenvalue weighted by molar-refractivity contribution is 5.83. The summed E-state index contributed by atoms with van der Waals surface area (Å²) in [6.45, 7) is 7.38. The molecule has 1 unspecified atom stereocenters. The molecule has 0 saturated carbocycles. The van der Waals surface area contributed by atoms with Crippen LogP contribution in [0.5, 0.6) is 0 Å². The number of aliphatic carboxylic acids is 1. The zero-order valence-electron chi connectivity index (χ0n) is 11.1. The average molecular weight is 244 g/mol. The Bertz CT molecular complexity index is 271. The molecule has 0 aliphatic carbocycles. The number of carboxylic acids is 1. The summed E-state index contributed by atoms with van der Waals surface area (Å²) in [6.07, 6.45) is 1.50. The van der Waals surface area contributed by atoms with Crippen molar-refractivity contribution in [1.82, 2.24) is 5.32 Å². The van der Waals surface area contributed by atoms with Gasteiger partial charge >= 0.3 is 5.97 Å². The number of nitrogens with two attached hydrogens (primary N) is 1. The Hall–Kier alpha value is -1.10. The van der Waals surface area contributed by atoms with E-state index >= 15 is 0 Å². The summed E-state index contributed by atoms with van der Waals surface area (Å²) in [5.41, 5.74) is 5.35. The lowest BCUT2D eigenvalue weighted by Crippen LogP contribution is -2.45. The molecule has 17 heavy (non-hydrogen) atoms. The summed E-state index contributed by atoms with van der Waals surface area (Å²) in [7, 11) is 0. The van der Waals surface area contributed by atoms with E-state index in [1.54, 1.807) is 0 Å². The van der Waals surface area contributed by atoms with E-state index in [0.29, 0.717) is 12.8 Å². The SMILES string of the molecule is CCC(C)[C@@H](NC(=O)CCC(C)(C)N)C(=O)O. The van der Waals surface area contributed by atoms with Crippen molar-refractivity contribution in [1.29, 1.82) is 0 Å². The summed E-state index contributed by atoms with van der Waals surface area (Å²) >= 11 is 0. The van der Waals surface area contributed by atoms with Crippen LogP contribution in [0.25, 0.3) is 0 Å². The maximum atomic E-state index is 11.6. The number of carbonyl (C=O) groups is 2. The van der Waals surface area contributed by atoms with Gasteiger partial charge in [0.15, 0.2) is 0 Å². The van der Waals surface area contributed by atoms with Gasteiger partial charge in [0.2, 0.25) is 5.91 Å². The number of hydrogen-bond donors (Lipinski definition) is 3. The highest BCUT2D eigenvalue weighted by Gasteiger charge is 2.25. The smallest absolute Gasteiger partial charge is 0.326 e. The Labute approximate surface area is 103 Å². The van der Waals surface area contributed by atoms with Gasteiger partial charge < -0.3 is 16.2 Å². The van der Waals surface area contributed by atoms with Gasteiger partial charge in [-0.05, 0) is 26.2 Å². The van der Waals surface area contributed by atoms with Crippen LogP contribution < -0.4 is 11.1 Å². The third kappa shape index (κ3) is 6.94. The normalized spacial score (nSPS) is 15.1. The van der Waals surface area contributed by atoms with Gasteiger partial charge in [-0.1, -0.05) is 20.3 Å². The molecule has 1 amide bonds. The van der Waals surface area contributed by atoms with E-state index in [0.717, 1.165) is 0 Å². The second-order valence-corrected chi connectivity index (χ2v) is 5.26. The van der Waals surface area contributed by atoms with E-state index in [9.17, 15) is 9.59 Å². The second-order valence-electron chi connectivity index (χ2n) is 5.26. The minimum atomic E-state index is -0.986. The highest BCUT2D eigenvalue weighted by atomic mass is 16.4. The summed E-state index contributed by atoms with van der Waals surface area (Å²) in [6, 6.07) is -0.812. The zero-order valence-corrected chi connectivity index (χ0v) is 11.1. The fourth-order valence-corrected chi connectivity index (χ4v) is 1.36. The number of hydrogen-bond acceptors (Lipinski definition) is 3. The molecule has 0 fully saturated rings.